The van der Waals surface area contributed by atoms with E-state index in [2.05, 4.69) is 27.3 Å². The van der Waals surface area contributed by atoms with Crippen LogP contribution in [0.4, 0.5) is 5.69 Å². The Balaban J connectivity index is 1.48. The number of nitrogens with zero attached hydrogens (tertiary/aromatic N) is 3. The third kappa shape index (κ3) is 5.19. The first kappa shape index (κ1) is 19.2. The third-order valence-corrected chi connectivity index (χ3v) is 5.67. The van der Waals surface area contributed by atoms with Gasteiger partial charge in [-0.25, -0.2) is 0 Å². The number of amides is 1. The first-order valence-electron chi connectivity index (χ1n) is 8.22. The second-order valence-corrected chi connectivity index (χ2v) is 8.34. The number of nitriles is 1. The fourth-order valence-electron chi connectivity index (χ4n) is 2.87. The minimum Gasteiger partial charge on any atom is -0.324 e. The minimum atomic E-state index is -0.137. The summed E-state index contributed by atoms with van der Waals surface area (Å²) in [7, 11) is 0. The van der Waals surface area contributed by atoms with E-state index < -0.39 is 0 Å². The maximum absolute atomic E-state index is 12.3. The normalized spacial score (nSPS) is 15.6. The summed E-state index contributed by atoms with van der Waals surface area (Å²) in [6, 6.07) is 10.9. The van der Waals surface area contributed by atoms with Crippen molar-refractivity contribution < 1.29 is 4.79 Å². The first-order valence-corrected chi connectivity index (χ1v) is 9.79. The summed E-state index contributed by atoms with van der Waals surface area (Å²) >= 11 is 13.5. The van der Waals surface area contributed by atoms with Gasteiger partial charge in [-0.15, -0.1) is 11.3 Å². The van der Waals surface area contributed by atoms with Crippen molar-refractivity contribution in [3.8, 4) is 6.07 Å². The Morgan fingerprint density at radius 2 is 1.88 bits per heavy atom. The molecule has 0 unspecified atom stereocenters. The second kappa shape index (κ2) is 8.85. The maximum Gasteiger partial charge on any atom is 0.238 e. The average molecular weight is 409 g/mol. The van der Waals surface area contributed by atoms with Crippen LogP contribution in [0.1, 0.15) is 10.4 Å². The summed E-state index contributed by atoms with van der Waals surface area (Å²) in [6.07, 6.45) is 0. The quantitative estimate of drug-likeness (QED) is 0.819. The van der Waals surface area contributed by atoms with Crippen molar-refractivity contribution in [2.75, 3.05) is 38.0 Å². The standard InChI is InChI=1S/C18H18Cl2N4OS/c19-14-2-1-13(10-21)16(9-14)22-18(25)12-24-7-5-23(6-8-24)11-15-3-4-17(20)26-15/h1-4,9H,5-8,11-12H2,(H,22,25). The smallest absolute Gasteiger partial charge is 0.238 e. The summed E-state index contributed by atoms with van der Waals surface area (Å²) in [6.45, 7) is 4.66. The van der Waals surface area contributed by atoms with Crippen LogP contribution < -0.4 is 5.32 Å². The summed E-state index contributed by atoms with van der Waals surface area (Å²) in [5, 5.41) is 12.4. The van der Waals surface area contributed by atoms with E-state index in [-0.39, 0.29) is 5.91 Å². The molecule has 0 atom stereocenters. The predicted octanol–water partition coefficient (Wildman–Crippen LogP) is 3.68. The Labute approximate surface area is 166 Å². The molecule has 0 saturated carbocycles. The van der Waals surface area contributed by atoms with Gasteiger partial charge in [0.25, 0.3) is 0 Å². The van der Waals surface area contributed by atoms with Crippen molar-refractivity contribution in [3.63, 3.8) is 0 Å². The van der Waals surface area contributed by atoms with Crippen molar-refractivity contribution in [2.24, 2.45) is 0 Å². The monoisotopic (exact) mass is 408 g/mol. The summed E-state index contributed by atoms with van der Waals surface area (Å²) in [4.78, 5) is 18.0. The SMILES string of the molecule is N#Cc1ccc(Cl)cc1NC(=O)CN1CCN(Cc2ccc(Cl)s2)CC1. The van der Waals surface area contributed by atoms with Crippen molar-refractivity contribution in [2.45, 2.75) is 6.54 Å². The fraction of sp³-hybridized carbons (Fsp3) is 0.333. The number of hydrogen-bond acceptors (Lipinski definition) is 5. The van der Waals surface area contributed by atoms with Crippen LogP contribution in [-0.4, -0.2) is 48.4 Å². The molecule has 3 rings (SSSR count). The first-order chi connectivity index (χ1) is 12.5. The van der Waals surface area contributed by atoms with E-state index in [4.69, 9.17) is 28.5 Å². The molecule has 0 aliphatic carbocycles. The van der Waals surface area contributed by atoms with Crippen LogP contribution in [0.5, 0.6) is 0 Å². The van der Waals surface area contributed by atoms with E-state index in [0.29, 0.717) is 22.8 Å². The van der Waals surface area contributed by atoms with Gasteiger partial charge < -0.3 is 5.32 Å². The summed E-state index contributed by atoms with van der Waals surface area (Å²) in [5.74, 6) is -0.137. The highest BCUT2D eigenvalue weighted by Crippen LogP contribution is 2.23. The molecule has 1 fully saturated rings. The predicted molar refractivity (Wildman–Crippen MR) is 106 cm³/mol. The van der Waals surface area contributed by atoms with Gasteiger partial charge in [-0.1, -0.05) is 23.2 Å². The molecule has 2 heterocycles. The van der Waals surface area contributed by atoms with Crippen LogP contribution in [0.3, 0.4) is 0 Å². The molecule has 1 aliphatic rings. The van der Waals surface area contributed by atoms with Crippen molar-refractivity contribution in [1.29, 1.82) is 5.26 Å². The molecule has 1 aromatic heterocycles. The second-order valence-electron chi connectivity index (χ2n) is 6.11. The highest BCUT2D eigenvalue weighted by Gasteiger charge is 2.20. The van der Waals surface area contributed by atoms with E-state index in [1.54, 1.807) is 29.5 Å². The Kier molecular flexibility index (Phi) is 6.52. The number of hydrogen-bond donors (Lipinski definition) is 1. The summed E-state index contributed by atoms with van der Waals surface area (Å²) < 4.78 is 0.813. The number of carbonyl (C=O) groups excluding carboxylic acids is 1. The Morgan fingerprint density at radius 3 is 2.54 bits per heavy atom. The largest absolute Gasteiger partial charge is 0.324 e. The van der Waals surface area contributed by atoms with Gasteiger partial charge in [-0.2, -0.15) is 5.26 Å². The van der Waals surface area contributed by atoms with Gasteiger partial charge in [0.15, 0.2) is 0 Å². The Morgan fingerprint density at radius 1 is 1.15 bits per heavy atom. The van der Waals surface area contributed by atoms with Gasteiger partial charge in [0.05, 0.1) is 22.1 Å². The zero-order valence-corrected chi connectivity index (χ0v) is 16.4. The van der Waals surface area contributed by atoms with Crippen molar-refractivity contribution >= 4 is 46.1 Å². The number of anilines is 1. The van der Waals surface area contributed by atoms with Crippen molar-refractivity contribution in [1.82, 2.24) is 9.80 Å². The molecule has 8 heteroatoms. The van der Waals surface area contributed by atoms with Crippen LogP contribution in [-0.2, 0) is 11.3 Å². The zero-order valence-electron chi connectivity index (χ0n) is 14.0. The van der Waals surface area contributed by atoms with E-state index in [1.165, 1.54) is 4.88 Å². The van der Waals surface area contributed by atoms with Crippen LogP contribution in [0.2, 0.25) is 9.36 Å². The molecule has 26 heavy (non-hydrogen) atoms. The van der Waals surface area contributed by atoms with Gasteiger partial charge in [0.1, 0.15) is 6.07 Å². The number of benzene rings is 1. The molecular weight excluding hydrogens is 391 g/mol. The lowest BCUT2D eigenvalue weighted by atomic mass is 10.2. The number of rotatable bonds is 5. The zero-order chi connectivity index (χ0) is 18.5. The molecule has 5 nitrogen and oxygen atoms in total. The van der Waals surface area contributed by atoms with Gasteiger partial charge in [-0.05, 0) is 30.3 Å². The van der Waals surface area contributed by atoms with E-state index in [0.717, 1.165) is 37.1 Å². The molecule has 1 amide bonds. The lowest BCUT2D eigenvalue weighted by Crippen LogP contribution is -2.48. The van der Waals surface area contributed by atoms with Crippen LogP contribution >= 0.6 is 34.5 Å². The molecule has 136 valence electrons. The number of thiophene rings is 1. The van der Waals surface area contributed by atoms with Crippen LogP contribution in [0.25, 0.3) is 0 Å². The molecular formula is C18H18Cl2N4OS. The fourth-order valence-corrected chi connectivity index (χ4v) is 4.17. The molecule has 2 aromatic rings. The van der Waals surface area contributed by atoms with Gasteiger partial charge in [0.2, 0.25) is 5.91 Å². The van der Waals surface area contributed by atoms with E-state index in [1.807, 2.05) is 6.07 Å². The molecule has 0 radical (unpaired) electrons. The Hall–Kier alpha value is -1.62. The molecule has 1 aromatic carbocycles. The highest BCUT2D eigenvalue weighted by molar-refractivity contribution is 7.16. The minimum absolute atomic E-state index is 0.137. The number of carbonyl (C=O) groups is 1. The third-order valence-electron chi connectivity index (χ3n) is 4.22. The van der Waals surface area contributed by atoms with Gasteiger partial charge >= 0.3 is 0 Å². The van der Waals surface area contributed by atoms with E-state index in [9.17, 15) is 4.79 Å². The van der Waals surface area contributed by atoms with Crippen molar-refractivity contribution in [3.05, 3.63) is 50.1 Å². The highest BCUT2D eigenvalue weighted by atomic mass is 35.5. The molecule has 1 saturated heterocycles. The topological polar surface area (TPSA) is 59.4 Å². The lowest BCUT2D eigenvalue weighted by Gasteiger charge is -2.34. The van der Waals surface area contributed by atoms with Crippen LogP contribution in [0.15, 0.2) is 30.3 Å². The molecule has 0 spiro atoms. The molecule has 1 N–H and O–H groups in total. The molecule has 0 bridgehead atoms. The summed E-state index contributed by atoms with van der Waals surface area (Å²) in [5.41, 5.74) is 0.861. The Bertz CT molecular complexity index is 825. The maximum atomic E-state index is 12.3. The number of halogens is 2. The number of nitrogens with one attached hydrogen (secondary N) is 1. The van der Waals surface area contributed by atoms with Gasteiger partial charge in [-0.3, -0.25) is 14.6 Å². The lowest BCUT2D eigenvalue weighted by molar-refractivity contribution is -0.117. The van der Waals surface area contributed by atoms with E-state index >= 15 is 0 Å². The molecule has 1 aliphatic heterocycles. The van der Waals surface area contributed by atoms with Crippen LogP contribution in [0, 0.1) is 11.3 Å². The van der Waals surface area contributed by atoms with Gasteiger partial charge in [0, 0.05) is 42.6 Å². The average Bonchev–Trinajstić information content (AvgIpc) is 3.02. The number of piperazine rings is 1.